The van der Waals surface area contributed by atoms with E-state index in [9.17, 15) is 14.7 Å². The molecular formula is C31H28N6O6. The number of anilines is 2. The molecule has 3 N–H and O–H groups in total. The highest BCUT2D eigenvalue weighted by Crippen LogP contribution is 2.34. The van der Waals surface area contributed by atoms with Crippen LogP contribution in [0.1, 0.15) is 22.1 Å². The third-order valence-electron chi connectivity index (χ3n) is 6.90. The van der Waals surface area contributed by atoms with E-state index >= 15 is 0 Å². The van der Waals surface area contributed by atoms with Crippen LogP contribution in [0.3, 0.4) is 0 Å². The summed E-state index contributed by atoms with van der Waals surface area (Å²) in [5.41, 5.74) is 2.78. The van der Waals surface area contributed by atoms with Gasteiger partial charge in [-0.05, 0) is 29.8 Å². The average Bonchev–Trinajstić information content (AvgIpc) is 3.61. The van der Waals surface area contributed by atoms with Crippen molar-refractivity contribution in [3.05, 3.63) is 115 Å². The molecule has 5 aromatic rings. The van der Waals surface area contributed by atoms with E-state index in [1.165, 1.54) is 12.7 Å². The number of aromatic nitrogens is 4. The molecular weight excluding hydrogens is 552 g/mol. The molecule has 0 aliphatic carbocycles. The fourth-order valence-corrected chi connectivity index (χ4v) is 4.79. The first-order valence-electron chi connectivity index (χ1n) is 13.6. The second kappa shape index (κ2) is 12.7. The lowest BCUT2D eigenvalue weighted by Crippen LogP contribution is -2.39. The standard InChI is InChI=1S/C31H28N6O6/c38-25-26(43-31(40)36-22-14-8-3-9-15-22)23(17-41-30(39)21-12-6-2-7-13-21)42-29(25)37-19-35-24-27(33-18-34-28(24)37)32-16-20-10-4-1-5-11-20/h1-15,18-19,23,25-26,29,38H,16-17H2,(H,36,40)(H,32,33,34)/t23-,25?,26?,29-/m1/s1. The zero-order chi connectivity index (χ0) is 29.6. The number of nitrogens with one attached hydrogen (secondary N) is 2. The number of fused-ring (bicyclic) bond motifs is 1. The van der Waals surface area contributed by atoms with Gasteiger partial charge in [0.05, 0.1) is 11.9 Å². The number of esters is 1. The molecule has 0 saturated carbocycles. The van der Waals surface area contributed by atoms with E-state index in [1.807, 2.05) is 36.4 Å². The zero-order valence-corrected chi connectivity index (χ0v) is 22.8. The predicted molar refractivity (Wildman–Crippen MR) is 156 cm³/mol. The van der Waals surface area contributed by atoms with Crippen LogP contribution < -0.4 is 10.6 Å². The van der Waals surface area contributed by atoms with Crippen molar-refractivity contribution in [3.63, 3.8) is 0 Å². The van der Waals surface area contributed by atoms with Gasteiger partial charge in [0.15, 0.2) is 29.3 Å². The lowest BCUT2D eigenvalue weighted by atomic mass is 10.1. The first-order chi connectivity index (χ1) is 21.1. The molecule has 4 atom stereocenters. The van der Waals surface area contributed by atoms with Crippen LogP contribution in [0.15, 0.2) is 104 Å². The van der Waals surface area contributed by atoms with Gasteiger partial charge in [0.25, 0.3) is 0 Å². The molecule has 1 amide bonds. The van der Waals surface area contributed by atoms with Gasteiger partial charge in [-0.15, -0.1) is 0 Å². The maximum Gasteiger partial charge on any atom is 0.412 e. The second-order valence-corrected chi connectivity index (χ2v) is 9.77. The van der Waals surface area contributed by atoms with E-state index < -0.39 is 36.6 Å². The highest BCUT2D eigenvalue weighted by molar-refractivity contribution is 5.89. The van der Waals surface area contributed by atoms with Crippen molar-refractivity contribution in [2.75, 3.05) is 17.2 Å². The fourth-order valence-electron chi connectivity index (χ4n) is 4.79. The van der Waals surface area contributed by atoms with Crippen molar-refractivity contribution in [2.45, 2.75) is 31.1 Å². The number of rotatable bonds is 9. The van der Waals surface area contributed by atoms with Crippen LogP contribution in [0.5, 0.6) is 0 Å². The third-order valence-corrected chi connectivity index (χ3v) is 6.90. The molecule has 12 heteroatoms. The molecule has 0 radical (unpaired) electrons. The van der Waals surface area contributed by atoms with Crippen LogP contribution in [0.4, 0.5) is 16.3 Å². The Labute approximate surface area is 246 Å². The number of amides is 1. The average molecular weight is 581 g/mol. The minimum Gasteiger partial charge on any atom is -0.459 e. The van der Waals surface area contributed by atoms with Gasteiger partial charge in [0, 0.05) is 12.2 Å². The fraction of sp³-hybridized carbons (Fsp3) is 0.194. The number of hydrogen-bond donors (Lipinski definition) is 3. The highest BCUT2D eigenvalue weighted by Gasteiger charge is 2.48. The lowest BCUT2D eigenvalue weighted by molar-refractivity contribution is -0.0568. The zero-order valence-electron chi connectivity index (χ0n) is 22.8. The van der Waals surface area contributed by atoms with E-state index in [0.717, 1.165) is 5.56 Å². The van der Waals surface area contributed by atoms with Crippen molar-refractivity contribution in [3.8, 4) is 0 Å². The molecule has 218 valence electrons. The number of aliphatic hydroxyl groups is 1. The van der Waals surface area contributed by atoms with Gasteiger partial charge in [-0.25, -0.2) is 24.5 Å². The molecule has 1 aliphatic heterocycles. The molecule has 1 aliphatic rings. The minimum absolute atomic E-state index is 0.282. The normalized spacial score (nSPS) is 19.6. The Morgan fingerprint density at radius 1 is 0.907 bits per heavy atom. The van der Waals surface area contributed by atoms with Gasteiger partial charge in [0.2, 0.25) is 0 Å². The molecule has 1 saturated heterocycles. The SMILES string of the molecule is O=C(Nc1ccccc1)OC1C(O)[C@H](n2cnc3c(NCc4ccccc4)ncnc32)O[C@@H]1COC(=O)c1ccccc1. The van der Waals surface area contributed by atoms with Gasteiger partial charge < -0.3 is 24.6 Å². The Morgan fingerprint density at radius 3 is 2.35 bits per heavy atom. The number of hydrogen-bond acceptors (Lipinski definition) is 10. The molecule has 0 bridgehead atoms. The van der Waals surface area contributed by atoms with Gasteiger partial charge in [-0.2, -0.15) is 0 Å². The summed E-state index contributed by atoms with van der Waals surface area (Å²) < 4.78 is 18.8. The Bertz CT molecular complexity index is 1680. The topological polar surface area (TPSA) is 150 Å². The molecule has 0 spiro atoms. The molecule has 2 aromatic heterocycles. The summed E-state index contributed by atoms with van der Waals surface area (Å²) in [6.45, 7) is 0.236. The summed E-state index contributed by atoms with van der Waals surface area (Å²) in [4.78, 5) is 38.6. The summed E-state index contributed by atoms with van der Waals surface area (Å²) >= 11 is 0. The van der Waals surface area contributed by atoms with Crippen molar-refractivity contribution < 1.29 is 28.9 Å². The number of ether oxygens (including phenoxy) is 3. The van der Waals surface area contributed by atoms with E-state index in [0.29, 0.717) is 34.8 Å². The first kappa shape index (κ1) is 27.8. The van der Waals surface area contributed by atoms with Crippen LogP contribution in [0.25, 0.3) is 11.2 Å². The number of benzene rings is 3. The van der Waals surface area contributed by atoms with Gasteiger partial charge >= 0.3 is 12.1 Å². The van der Waals surface area contributed by atoms with E-state index in [1.54, 1.807) is 59.2 Å². The minimum atomic E-state index is -1.35. The molecule has 3 heterocycles. The van der Waals surface area contributed by atoms with Crippen molar-refractivity contribution in [2.24, 2.45) is 0 Å². The molecule has 3 aromatic carbocycles. The largest absolute Gasteiger partial charge is 0.459 e. The van der Waals surface area contributed by atoms with E-state index in [-0.39, 0.29) is 6.61 Å². The second-order valence-electron chi connectivity index (χ2n) is 9.77. The predicted octanol–water partition coefficient (Wildman–Crippen LogP) is 4.17. The van der Waals surface area contributed by atoms with Gasteiger partial charge in [-0.1, -0.05) is 66.7 Å². The summed E-state index contributed by atoms with van der Waals surface area (Å²) in [6, 6.07) is 27.0. The first-order valence-corrected chi connectivity index (χ1v) is 13.6. The van der Waals surface area contributed by atoms with Crippen LogP contribution in [0.2, 0.25) is 0 Å². The van der Waals surface area contributed by atoms with Crippen LogP contribution in [-0.4, -0.2) is 61.6 Å². The number of para-hydroxylation sites is 1. The summed E-state index contributed by atoms with van der Waals surface area (Å²) in [7, 11) is 0. The van der Waals surface area contributed by atoms with Gasteiger partial charge in [0.1, 0.15) is 25.1 Å². The van der Waals surface area contributed by atoms with Gasteiger partial charge in [-0.3, -0.25) is 9.88 Å². The lowest BCUT2D eigenvalue weighted by Gasteiger charge is -2.21. The van der Waals surface area contributed by atoms with Crippen molar-refractivity contribution in [1.29, 1.82) is 0 Å². The Balaban J connectivity index is 1.22. The van der Waals surface area contributed by atoms with Crippen molar-refractivity contribution >= 4 is 34.7 Å². The Kier molecular flexibility index (Phi) is 8.20. The van der Waals surface area contributed by atoms with E-state index in [2.05, 4.69) is 25.6 Å². The van der Waals surface area contributed by atoms with Crippen LogP contribution >= 0.6 is 0 Å². The number of carbonyl (C=O) groups excluding carboxylic acids is 2. The highest BCUT2D eigenvalue weighted by atomic mass is 16.6. The van der Waals surface area contributed by atoms with Crippen LogP contribution in [-0.2, 0) is 20.8 Å². The molecule has 6 rings (SSSR count). The molecule has 2 unspecified atom stereocenters. The quantitative estimate of drug-likeness (QED) is 0.217. The summed E-state index contributed by atoms with van der Waals surface area (Å²) in [5, 5.41) is 17.3. The monoisotopic (exact) mass is 580 g/mol. The maximum atomic E-state index is 12.8. The smallest absolute Gasteiger partial charge is 0.412 e. The Hall–Kier alpha value is -5.33. The Morgan fingerprint density at radius 2 is 1.60 bits per heavy atom. The summed E-state index contributed by atoms with van der Waals surface area (Å²) in [6.07, 6.45) is -2.54. The van der Waals surface area contributed by atoms with Crippen LogP contribution in [0, 0.1) is 0 Å². The van der Waals surface area contributed by atoms with E-state index in [4.69, 9.17) is 14.2 Å². The number of aliphatic hydroxyl groups excluding tert-OH is 1. The third kappa shape index (κ3) is 6.30. The molecule has 1 fully saturated rings. The molecule has 12 nitrogen and oxygen atoms in total. The molecule has 43 heavy (non-hydrogen) atoms. The number of carbonyl (C=O) groups is 2. The number of imidazole rings is 1. The summed E-state index contributed by atoms with van der Waals surface area (Å²) in [5.74, 6) is -0.0759. The maximum absolute atomic E-state index is 12.8. The number of nitrogens with zero attached hydrogens (tertiary/aromatic N) is 4. The van der Waals surface area contributed by atoms with Crippen molar-refractivity contribution in [1.82, 2.24) is 19.5 Å².